The SMILES string of the molecule is O=C(Nc1ccc(F)cc1F)c1cccn(Cc2ccc(Br)cc2)c1=O. The van der Waals surface area contributed by atoms with Gasteiger partial charge < -0.3 is 9.88 Å². The Bertz CT molecular complexity index is 1020. The largest absolute Gasteiger partial charge is 0.319 e. The Morgan fingerprint density at radius 1 is 1.08 bits per heavy atom. The second kappa shape index (κ2) is 7.61. The number of halogens is 3. The molecule has 2 aromatic carbocycles. The van der Waals surface area contributed by atoms with Crippen LogP contribution < -0.4 is 10.9 Å². The summed E-state index contributed by atoms with van der Waals surface area (Å²) in [7, 11) is 0. The maximum absolute atomic E-state index is 13.7. The number of carbonyl (C=O) groups is 1. The maximum Gasteiger partial charge on any atom is 0.263 e. The average molecular weight is 419 g/mol. The van der Waals surface area contributed by atoms with Crippen LogP contribution >= 0.6 is 15.9 Å². The highest BCUT2D eigenvalue weighted by Crippen LogP contribution is 2.16. The second-order valence-corrected chi connectivity index (χ2v) is 6.48. The number of hydrogen-bond donors (Lipinski definition) is 1. The van der Waals surface area contributed by atoms with Crippen LogP contribution in [0.5, 0.6) is 0 Å². The van der Waals surface area contributed by atoms with Crippen molar-refractivity contribution >= 4 is 27.5 Å². The summed E-state index contributed by atoms with van der Waals surface area (Å²) in [6.07, 6.45) is 1.57. The molecule has 4 nitrogen and oxygen atoms in total. The third kappa shape index (κ3) is 4.05. The number of rotatable bonds is 4. The zero-order chi connectivity index (χ0) is 18.7. The third-order valence-electron chi connectivity index (χ3n) is 3.71. The molecule has 0 aliphatic heterocycles. The Morgan fingerprint density at radius 2 is 1.81 bits per heavy atom. The minimum absolute atomic E-state index is 0.131. The van der Waals surface area contributed by atoms with Crippen molar-refractivity contribution in [3.05, 3.63) is 98.4 Å². The summed E-state index contributed by atoms with van der Waals surface area (Å²) >= 11 is 3.34. The van der Waals surface area contributed by atoms with Crippen molar-refractivity contribution < 1.29 is 13.6 Å². The standard InChI is InChI=1S/C19H13BrF2N2O2/c20-13-5-3-12(4-6-13)11-24-9-1-2-15(19(24)26)18(25)23-17-8-7-14(21)10-16(17)22/h1-10H,11H2,(H,23,25). The molecule has 1 N–H and O–H groups in total. The summed E-state index contributed by atoms with van der Waals surface area (Å²) < 4.78 is 28.9. The molecule has 1 heterocycles. The number of anilines is 1. The van der Waals surface area contributed by atoms with E-state index in [0.29, 0.717) is 6.07 Å². The molecule has 3 aromatic rings. The monoisotopic (exact) mass is 418 g/mol. The van der Waals surface area contributed by atoms with E-state index in [0.717, 1.165) is 22.2 Å². The molecule has 0 unspecified atom stereocenters. The zero-order valence-corrected chi connectivity index (χ0v) is 15.0. The number of amides is 1. The molecule has 0 radical (unpaired) electrons. The van der Waals surface area contributed by atoms with Crippen molar-refractivity contribution in [2.75, 3.05) is 5.32 Å². The van der Waals surface area contributed by atoms with Crippen LogP contribution in [0, 0.1) is 11.6 Å². The normalized spacial score (nSPS) is 10.6. The van der Waals surface area contributed by atoms with Crippen molar-refractivity contribution in [3.63, 3.8) is 0 Å². The van der Waals surface area contributed by atoms with Gasteiger partial charge in [0.1, 0.15) is 17.2 Å². The molecule has 0 bridgehead atoms. The Hall–Kier alpha value is -2.80. The first-order valence-electron chi connectivity index (χ1n) is 7.64. The van der Waals surface area contributed by atoms with Gasteiger partial charge in [-0.1, -0.05) is 28.1 Å². The van der Waals surface area contributed by atoms with Crippen molar-refractivity contribution in [1.29, 1.82) is 0 Å². The summed E-state index contributed by atoms with van der Waals surface area (Å²) in [5.74, 6) is -2.42. The molecule has 1 amide bonds. The van der Waals surface area contributed by atoms with Gasteiger partial charge in [0.25, 0.3) is 11.5 Å². The van der Waals surface area contributed by atoms with Crippen LogP contribution in [0.25, 0.3) is 0 Å². The van der Waals surface area contributed by atoms with Crippen LogP contribution in [-0.4, -0.2) is 10.5 Å². The number of pyridine rings is 1. The lowest BCUT2D eigenvalue weighted by molar-refractivity contribution is 0.102. The third-order valence-corrected chi connectivity index (χ3v) is 4.24. The average Bonchev–Trinajstić information content (AvgIpc) is 2.61. The van der Waals surface area contributed by atoms with E-state index in [2.05, 4.69) is 21.2 Å². The van der Waals surface area contributed by atoms with E-state index in [4.69, 9.17) is 0 Å². The first kappa shape index (κ1) is 18.0. The molecule has 3 rings (SSSR count). The predicted molar refractivity (Wildman–Crippen MR) is 98.3 cm³/mol. The lowest BCUT2D eigenvalue weighted by Crippen LogP contribution is -2.29. The molecule has 132 valence electrons. The molecule has 0 spiro atoms. The summed E-state index contributed by atoms with van der Waals surface area (Å²) in [5.41, 5.74) is 0.0559. The zero-order valence-electron chi connectivity index (χ0n) is 13.4. The molecule has 0 saturated carbocycles. The van der Waals surface area contributed by atoms with Crippen LogP contribution in [-0.2, 0) is 6.54 Å². The smallest absolute Gasteiger partial charge is 0.263 e. The highest BCUT2D eigenvalue weighted by atomic mass is 79.9. The fraction of sp³-hybridized carbons (Fsp3) is 0.0526. The van der Waals surface area contributed by atoms with Crippen LogP contribution in [0.1, 0.15) is 15.9 Å². The Labute approximate surface area is 156 Å². The molecule has 0 saturated heterocycles. The van der Waals surface area contributed by atoms with Gasteiger partial charge in [-0.15, -0.1) is 0 Å². The van der Waals surface area contributed by atoms with E-state index in [1.165, 1.54) is 10.6 Å². The molecular weight excluding hydrogens is 406 g/mol. The van der Waals surface area contributed by atoms with Crippen LogP contribution in [0.2, 0.25) is 0 Å². The summed E-state index contributed by atoms with van der Waals surface area (Å²) in [6.45, 7) is 0.290. The first-order chi connectivity index (χ1) is 12.4. The molecule has 0 atom stereocenters. The Kier molecular flexibility index (Phi) is 5.27. The number of aromatic nitrogens is 1. The van der Waals surface area contributed by atoms with E-state index in [9.17, 15) is 18.4 Å². The minimum atomic E-state index is -0.913. The van der Waals surface area contributed by atoms with E-state index in [1.807, 2.05) is 24.3 Å². The van der Waals surface area contributed by atoms with Gasteiger partial charge in [0.05, 0.1) is 12.2 Å². The lowest BCUT2D eigenvalue weighted by Gasteiger charge is -2.09. The van der Waals surface area contributed by atoms with E-state index >= 15 is 0 Å². The summed E-state index contributed by atoms with van der Waals surface area (Å²) in [4.78, 5) is 24.9. The highest BCUT2D eigenvalue weighted by Gasteiger charge is 2.14. The molecule has 7 heteroatoms. The molecule has 1 aromatic heterocycles. The molecule has 0 aliphatic rings. The maximum atomic E-state index is 13.7. The van der Waals surface area contributed by atoms with Gasteiger partial charge in [-0.05, 0) is 42.0 Å². The van der Waals surface area contributed by atoms with Gasteiger partial charge in [-0.25, -0.2) is 8.78 Å². The van der Waals surface area contributed by atoms with Crippen LogP contribution in [0.4, 0.5) is 14.5 Å². The topological polar surface area (TPSA) is 51.1 Å². The number of benzene rings is 2. The van der Waals surface area contributed by atoms with Gasteiger partial charge in [0, 0.05) is 16.7 Å². The van der Waals surface area contributed by atoms with Gasteiger partial charge in [-0.2, -0.15) is 0 Å². The Morgan fingerprint density at radius 3 is 2.50 bits per heavy atom. The van der Waals surface area contributed by atoms with Crippen molar-refractivity contribution in [3.8, 4) is 0 Å². The molecule has 0 aliphatic carbocycles. The fourth-order valence-corrected chi connectivity index (χ4v) is 2.67. The number of nitrogens with zero attached hydrogens (tertiary/aromatic N) is 1. The van der Waals surface area contributed by atoms with Gasteiger partial charge in [-0.3, -0.25) is 9.59 Å². The lowest BCUT2D eigenvalue weighted by atomic mass is 10.2. The van der Waals surface area contributed by atoms with E-state index in [1.54, 1.807) is 12.3 Å². The van der Waals surface area contributed by atoms with E-state index < -0.39 is 23.1 Å². The van der Waals surface area contributed by atoms with Crippen molar-refractivity contribution in [2.24, 2.45) is 0 Å². The molecular formula is C19H13BrF2N2O2. The van der Waals surface area contributed by atoms with Crippen LogP contribution in [0.3, 0.4) is 0 Å². The fourth-order valence-electron chi connectivity index (χ4n) is 2.40. The number of hydrogen-bond acceptors (Lipinski definition) is 2. The number of nitrogens with one attached hydrogen (secondary N) is 1. The molecule has 26 heavy (non-hydrogen) atoms. The predicted octanol–water partition coefficient (Wildman–Crippen LogP) is 4.19. The Balaban J connectivity index is 1.85. The second-order valence-electron chi connectivity index (χ2n) is 5.56. The van der Waals surface area contributed by atoms with Crippen molar-refractivity contribution in [1.82, 2.24) is 4.57 Å². The van der Waals surface area contributed by atoms with Gasteiger partial charge >= 0.3 is 0 Å². The van der Waals surface area contributed by atoms with Crippen LogP contribution in [0.15, 0.2) is 70.1 Å². The summed E-state index contributed by atoms with van der Waals surface area (Å²) in [5, 5.41) is 2.29. The van der Waals surface area contributed by atoms with Gasteiger partial charge in [0.15, 0.2) is 0 Å². The quantitative estimate of drug-likeness (QED) is 0.690. The molecule has 0 fully saturated rings. The van der Waals surface area contributed by atoms with E-state index in [-0.39, 0.29) is 17.8 Å². The van der Waals surface area contributed by atoms with Crippen molar-refractivity contribution in [2.45, 2.75) is 6.54 Å². The summed E-state index contributed by atoms with van der Waals surface area (Å²) in [6, 6.07) is 13.1. The number of carbonyl (C=O) groups excluding carboxylic acids is 1. The highest BCUT2D eigenvalue weighted by molar-refractivity contribution is 9.10. The first-order valence-corrected chi connectivity index (χ1v) is 8.43. The van der Waals surface area contributed by atoms with Gasteiger partial charge in [0.2, 0.25) is 0 Å². The minimum Gasteiger partial charge on any atom is -0.319 e.